The van der Waals surface area contributed by atoms with Gasteiger partial charge in [-0.15, -0.1) is 0 Å². The molecular formula is C12H19N3O. The summed E-state index contributed by atoms with van der Waals surface area (Å²) in [6, 6.07) is 0. The van der Waals surface area contributed by atoms with E-state index in [-0.39, 0.29) is 5.54 Å². The standard InChI is InChI=1S/C12H19N3O/c1-11(2)6-8(11)10-14-9(16-15-10)7-12(13)4-3-5-12/h8H,3-7,13H2,1-2H3. The molecule has 1 aromatic rings. The maximum Gasteiger partial charge on any atom is 0.228 e. The second kappa shape index (κ2) is 3.06. The van der Waals surface area contributed by atoms with Crippen molar-refractivity contribution in [2.24, 2.45) is 11.1 Å². The first-order chi connectivity index (χ1) is 7.49. The molecular weight excluding hydrogens is 202 g/mol. The third-order valence-corrected chi connectivity index (χ3v) is 4.16. The molecule has 0 bridgehead atoms. The first kappa shape index (κ1) is 10.3. The van der Waals surface area contributed by atoms with Gasteiger partial charge < -0.3 is 10.3 Å². The fraction of sp³-hybridized carbons (Fsp3) is 0.833. The molecule has 0 aliphatic heterocycles. The van der Waals surface area contributed by atoms with E-state index >= 15 is 0 Å². The second-order valence-electron chi connectivity index (χ2n) is 6.18. The maximum absolute atomic E-state index is 6.16. The van der Waals surface area contributed by atoms with Gasteiger partial charge in [0, 0.05) is 17.9 Å². The van der Waals surface area contributed by atoms with Crippen LogP contribution in [0, 0.1) is 5.41 Å². The maximum atomic E-state index is 6.16. The zero-order chi connectivity index (χ0) is 11.4. The van der Waals surface area contributed by atoms with E-state index in [1.54, 1.807) is 0 Å². The highest BCUT2D eigenvalue weighted by Gasteiger charge is 2.49. The Bertz CT molecular complexity index is 406. The zero-order valence-electron chi connectivity index (χ0n) is 9.99. The van der Waals surface area contributed by atoms with Gasteiger partial charge in [0.05, 0.1) is 0 Å². The van der Waals surface area contributed by atoms with Gasteiger partial charge in [-0.2, -0.15) is 4.98 Å². The molecule has 0 saturated heterocycles. The smallest absolute Gasteiger partial charge is 0.228 e. The Morgan fingerprint density at radius 3 is 2.62 bits per heavy atom. The van der Waals surface area contributed by atoms with Gasteiger partial charge in [-0.3, -0.25) is 0 Å². The van der Waals surface area contributed by atoms with E-state index in [1.165, 1.54) is 12.8 Å². The van der Waals surface area contributed by atoms with Gasteiger partial charge in [0.1, 0.15) is 0 Å². The number of aromatic nitrogens is 2. The molecule has 1 unspecified atom stereocenters. The molecule has 0 amide bonds. The van der Waals surface area contributed by atoms with Crippen LogP contribution >= 0.6 is 0 Å². The van der Waals surface area contributed by atoms with E-state index < -0.39 is 0 Å². The van der Waals surface area contributed by atoms with E-state index in [1.807, 2.05) is 0 Å². The largest absolute Gasteiger partial charge is 0.339 e. The zero-order valence-corrected chi connectivity index (χ0v) is 9.99. The Balaban J connectivity index is 1.69. The fourth-order valence-electron chi connectivity index (χ4n) is 2.50. The summed E-state index contributed by atoms with van der Waals surface area (Å²) >= 11 is 0. The van der Waals surface area contributed by atoms with E-state index in [0.717, 1.165) is 31.0 Å². The van der Waals surface area contributed by atoms with Gasteiger partial charge >= 0.3 is 0 Å². The average Bonchev–Trinajstić information content (AvgIpc) is 2.59. The lowest BCUT2D eigenvalue weighted by Crippen LogP contribution is -2.48. The Morgan fingerprint density at radius 2 is 2.12 bits per heavy atom. The van der Waals surface area contributed by atoms with Crippen LogP contribution in [-0.2, 0) is 6.42 Å². The summed E-state index contributed by atoms with van der Waals surface area (Å²) < 4.78 is 5.29. The molecule has 88 valence electrons. The average molecular weight is 221 g/mol. The molecule has 2 aliphatic carbocycles. The summed E-state index contributed by atoms with van der Waals surface area (Å²) in [6.07, 6.45) is 5.30. The topological polar surface area (TPSA) is 64.9 Å². The number of nitrogens with two attached hydrogens (primary N) is 1. The van der Waals surface area contributed by atoms with Gasteiger partial charge in [-0.1, -0.05) is 19.0 Å². The predicted octanol–water partition coefficient (Wildman–Crippen LogP) is 2.01. The molecule has 3 rings (SSSR count). The minimum atomic E-state index is -0.0666. The van der Waals surface area contributed by atoms with Crippen molar-refractivity contribution in [3.8, 4) is 0 Å². The lowest BCUT2D eigenvalue weighted by atomic mass is 9.75. The Labute approximate surface area is 95.6 Å². The van der Waals surface area contributed by atoms with Crippen LogP contribution in [0.2, 0.25) is 0 Å². The van der Waals surface area contributed by atoms with Crippen molar-refractivity contribution in [2.45, 2.75) is 57.4 Å². The summed E-state index contributed by atoms with van der Waals surface area (Å²) in [5.74, 6) is 2.09. The molecule has 1 atom stereocenters. The summed E-state index contributed by atoms with van der Waals surface area (Å²) in [7, 11) is 0. The molecule has 0 radical (unpaired) electrons. The van der Waals surface area contributed by atoms with Crippen molar-refractivity contribution in [2.75, 3.05) is 0 Å². The predicted molar refractivity (Wildman–Crippen MR) is 59.9 cm³/mol. The van der Waals surface area contributed by atoms with Crippen molar-refractivity contribution in [3.63, 3.8) is 0 Å². The summed E-state index contributed by atoms with van der Waals surface area (Å²) in [6.45, 7) is 4.48. The Morgan fingerprint density at radius 1 is 1.44 bits per heavy atom. The molecule has 2 N–H and O–H groups in total. The minimum absolute atomic E-state index is 0.0666. The van der Waals surface area contributed by atoms with Crippen LogP contribution in [0.3, 0.4) is 0 Å². The Kier molecular flexibility index (Phi) is 1.97. The lowest BCUT2D eigenvalue weighted by Gasteiger charge is -2.36. The summed E-state index contributed by atoms with van der Waals surface area (Å²) in [4.78, 5) is 4.48. The number of rotatable bonds is 3. The molecule has 2 saturated carbocycles. The van der Waals surface area contributed by atoms with Crippen molar-refractivity contribution in [3.05, 3.63) is 11.7 Å². The van der Waals surface area contributed by atoms with Crippen LogP contribution in [0.15, 0.2) is 4.52 Å². The molecule has 2 fully saturated rings. The SMILES string of the molecule is CC1(C)CC1c1noc(CC2(N)CCC2)n1. The molecule has 1 heterocycles. The van der Waals surface area contributed by atoms with Gasteiger partial charge in [-0.25, -0.2) is 0 Å². The van der Waals surface area contributed by atoms with Crippen LogP contribution in [0.1, 0.15) is 57.2 Å². The molecule has 2 aliphatic rings. The molecule has 0 aromatic carbocycles. The van der Waals surface area contributed by atoms with Crippen LogP contribution < -0.4 is 5.73 Å². The van der Waals surface area contributed by atoms with Gasteiger partial charge in [0.25, 0.3) is 0 Å². The van der Waals surface area contributed by atoms with E-state index in [0.29, 0.717) is 11.3 Å². The third kappa shape index (κ3) is 1.65. The highest BCUT2D eigenvalue weighted by atomic mass is 16.5. The molecule has 16 heavy (non-hydrogen) atoms. The number of nitrogens with zero attached hydrogens (tertiary/aromatic N) is 2. The van der Waals surface area contributed by atoms with E-state index in [4.69, 9.17) is 10.3 Å². The van der Waals surface area contributed by atoms with Gasteiger partial charge in [0.2, 0.25) is 5.89 Å². The normalized spacial score (nSPS) is 29.8. The first-order valence-electron chi connectivity index (χ1n) is 6.10. The van der Waals surface area contributed by atoms with Crippen LogP contribution in [0.25, 0.3) is 0 Å². The highest BCUT2D eigenvalue weighted by molar-refractivity contribution is 5.15. The number of hydrogen-bond acceptors (Lipinski definition) is 4. The van der Waals surface area contributed by atoms with Crippen LogP contribution in [-0.4, -0.2) is 15.7 Å². The molecule has 4 nitrogen and oxygen atoms in total. The molecule has 1 aromatic heterocycles. The Hall–Kier alpha value is -0.900. The quantitative estimate of drug-likeness (QED) is 0.848. The molecule has 0 spiro atoms. The van der Waals surface area contributed by atoms with Crippen LogP contribution in [0.4, 0.5) is 0 Å². The highest BCUT2D eigenvalue weighted by Crippen LogP contribution is 2.57. The van der Waals surface area contributed by atoms with E-state index in [2.05, 4.69) is 24.0 Å². The third-order valence-electron chi connectivity index (χ3n) is 4.16. The first-order valence-corrected chi connectivity index (χ1v) is 6.10. The second-order valence-corrected chi connectivity index (χ2v) is 6.18. The molecule has 4 heteroatoms. The van der Waals surface area contributed by atoms with Crippen molar-refractivity contribution in [1.29, 1.82) is 0 Å². The minimum Gasteiger partial charge on any atom is -0.339 e. The van der Waals surface area contributed by atoms with Crippen molar-refractivity contribution < 1.29 is 4.52 Å². The lowest BCUT2D eigenvalue weighted by molar-refractivity contribution is 0.221. The van der Waals surface area contributed by atoms with Gasteiger partial charge in [0.15, 0.2) is 5.82 Å². The summed E-state index contributed by atoms with van der Waals surface area (Å²) in [5, 5.41) is 4.07. The van der Waals surface area contributed by atoms with Gasteiger partial charge in [-0.05, 0) is 31.1 Å². The monoisotopic (exact) mass is 221 g/mol. The fourth-order valence-corrected chi connectivity index (χ4v) is 2.50. The van der Waals surface area contributed by atoms with Crippen LogP contribution in [0.5, 0.6) is 0 Å². The van der Waals surface area contributed by atoms with E-state index in [9.17, 15) is 0 Å². The van der Waals surface area contributed by atoms with Crippen molar-refractivity contribution in [1.82, 2.24) is 10.1 Å². The number of hydrogen-bond donors (Lipinski definition) is 1. The summed E-state index contributed by atoms with van der Waals surface area (Å²) in [5.41, 5.74) is 6.45. The van der Waals surface area contributed by atoms with Crippen molar-refractivity contribution >= 4 is 0 Å².